The van der Waals surface area contributed by atoms with Gasteiger partial charge in [-0.3, -0.25) is 14.7 Å². The minimum Gasteiger partial charge on any atom is -0.283 e. The number of rotatable bonds is 3. The molecule has 0 fully saturated rings. The number of alkyl halides is 2. The number of nitro benzene ring substituents is 1. The SMILES string of the molecule is O=[N+]([O-])c1cccc(C(Cl)(Cl)S(=O)(=O)O)c1. The zero-order valence-corrected chi connectivity index (χ0v) is 9.83. The Morgan fingerprint density at radius 2 is 1.94 bits per heavy atom. The van der Waals surface area contributed by atoms with Gasteiger partial charge in [-0.2, -0.15) is 8.42 Å². The van der Waals surface area contributed by atoms with Crippen LogP contribution >= 0.6 is 23.2 Å². The lowest BCUT2D eigenvalue weighted by Gasteiger charge is -2.15. The first kappa shape index (κ1) is 13.2. The summed E-state index contributed by atoms with van der Waals surface area (Å²) in [4.78, 5) is 9.70. The maximum absolute atomic E-state index is 10.9. The number of nitrogens with zero attached hydrogens (tertiary/aromatic N) is 1. The van der Waals surface area contributed by atoms with Crippen LogP contribution in [0.2, 0.25) is 0 Å². The predicted octanol–water partition coefficient (Wildman–Crippen LogP) is 2.07. The third-order valence-corrected chi connectivity index (χ3v) is 4.21. The van der Waals surface area contributed by atoms with Crippen LogP contribution in [0.4, 0.5) is 5.69 Å². The van der Waals surface area contributed by atoms with Gasteiger partial charge in [-0.05, 0) is 0 Å². The molecule has 0 heterocycles. The number of hydrogen-bond acceptors (Lipinski definition) is 4. The Balaban J connectivity index is 3.35. The summed E-state index contributed by atoms with van der Waals surface area (Å²) in [7, 11) is -4.79. The van der Waals surface area contributed by atoms with E-state index < -0.39 is 18.7 Å². The molecule has 0 radical (unpaired) electrons. The van der Waals surface area contributed by atoms with E-state index in [1.54, 1.807) is 0 Å². The van der Waals surface area contributed by atoms with Crippen LogP contribution in [0.15, 0.2) is 24.3 Å². The summed E-state index contributed by atoms with van der Waals surface area (Å²) in [5.41, 5.74) is -0.681. The standard InChI is InChI=1S/C7H5Cl2NO5S/c8-7(9,16(13,14)15)5-2-1-3-6(4-5)10(11)12/h1-4H,(H,13,14,15). The van der Waals surface area contributed by atoms with Crippen LogP contribution in [0.3, 0.4) is 0 Å². The second kappa shape index (κ2) is 4.17. The number of benzene rings is 1. The van der Waals surface area contributed by atoms with Gasteiger partial charge in [0.15, 0.2) is 0 Å². The highest BCUT2D eigenvalue weighted by molar-refractivity contribution is 7.89. The largest absolute Gasteiger partial charge is 0.303 e. The second-order valence-electron chi connectivity index (χ2n) is 2.80. The maximum Gasteiger partial charge on any atom is 0.303 e. The Hall–Kier alpha value is -0.890. The highest BCUT2D eigenvalue weighted by atomic mass is 35.5. The average Bonchev–Trinajstić information content (AvgIpc) is 2.16. The van der Waals surface area contributed by atoms with Gasteiger partial charge in [0.25, 0.3) is 9.35 Å². The summed E-state index contributed by atoms with van der Waals surface area (Å²) in [5, 5.41) is 10.4. The van der Waals surface area contributed by atoms with Crippen molar-refractivity contribution >= 4 is 39.0 Å². The Morgan fingerprint density at radius 3 is 2.38 bits per heavy atom. The fraction of sp³-hybridized carbons (Fsp3) is 0.143. The van der Waals surface area contributed by atoms with Crippen LogP contribution in [0.25, 0.3) is 0 Å². The van der Waals surface area contributed by atoms with E-state index in [0.29, 0.717) is 0 Å². The third kappa shape index (κ3) is 2.43. The number of non-ortho nitro benzene ring substituents is 1. The summed E-state index contributed by atoms with van der Waals surface area (Å²) in [5.74, 6) is 0. The first-order valence-electron chi connectivity index (χ1n) is 3.76. The van der Waals surface area contributed by atoms with Crippen LogP contribution < -0.4 is 0 Å². The molecule has 16 heavy (non-hydrogen) atoms. The van der Waals surface area contributed by atoms with E-state index in [4.69, 9.17) is 27.8 Å². The summed E-state index contributed by atoms with van der Waals surface area (Å²) in [6.45, 7) is 0. The van der Waals surface area contributed by atoms with Crippen molar-refractivity contribution in [1.82, 2.24) is 0 Å². The van der Waals surface area contributed by atoms with Crippen molar-refractivity contribution in [2.75, 3.05) is 0 Å². The van der Waals surface area contributed by atoms with Crippen molar-refractivity contribution in [3.8, 4) is 0 Å². The number of halogens is 2. The first-order chi connectivity index (χ1) is 7.16. The van der Waals surface area contributed by atoms with Crippen LogP contribution in [0.5, 0.6) is 0 Å². The molecule has 0 bridgehead atoms. The van der Waals surface area contributed by atoms with E-state index in [0.717, 1.165) is 18.2 Å². The molecule has 88 valence electrons. The van der Waals surface area contributed by atoms with E-state index in [9.17, 15) is 18.5 Å². The van der Waals surface area contributed by atoms with Gasteiger partial charge in [-0.25, -0.2) is 0 Å². The number of nitro groups is 1. The van der Waals surface area contributed by atoms with Crippen molar-refractivity contribution < 1.29 is 17.9 Å². The predicted molar refractivity (Wildman–Crippen MR) is 58.0 cm³/mol. The lowest BCUT2D eigenvalue weighted by Crippen LogP contribution is -2.22. The molecule has 0 amide bonds. The second-order valence-corrected chi connectivity index (χ2v) is 6.14. The van der Waals surface area contributed by atoms with Crippen molar-refractivity contribution in [2.45, 2.75) is 3.67 Å². The Labute approximate surface area is 101 Å². The van der Waals surface area contributed by atoms with Gasteiger partial charge in [0.2, 0.25) is 0 Å². The topological polar surface area (TPSA) is 97.5 Å². The van der Waals surface area contributed by atoms with Gasteiger partial charge >= 0.3 is 10.1 Å². The third-order valence-electron chi connectivity index (χ3n) is 1.72. The van der Waals surface area contributed by atoms with Crippen LogP contribution in [0.1, 0.15) is 5.56 Å². The van der Waals surface area contributed by atoms with Gasteiger partial charge in [0, 0.05) is 17.7 Å². The summed E-state index contributed by atoms with van der Waals surface area (Å²) >= 11 is 10.8. The molecular formula is C7H5Cl2NO5S. The summed E-state index contributed by atoms with van der Waals surface area (Å²) < 4.78 is 27.9. The average molecular weight is 286 g/mol. The van der Waals surface area contributed by atoms with E-state index >= 15 is 0 Å². The van der Waals surface area contributed by atoms with E-state index in [1.165, 1.54) is 6.07 Å². The van der Waals surface area contributed by atoms with Crippen molar-refractivity contribution in [3.05, 3.63) is 39.9 Å². The van der Waals surface area contributed by atoms with E-state index in [2.05, 4.69) is 0 Å². The minimum atomic E-state index is -4.79. The molecule has 1 aromatic rings. The molecule has 1 N–H and O–H groups in total. The Morgan fingerprint density at radius 1 is 1.38 bits per heavy atom. The highest BCUT2D eigenvalue weighted by Crippen LogP contribution is 2.39. The highest BCUT2D eigenvalue weighted by Gasteiger charge is 2.41. The van der Waals surface area contributed by atoms with Gasteiger partial charge in [-0.1, -0.05) is 35.3 Å². The van der Waals surface area contributed by atoms with Gasteiger partial charge < -0.3 is 0 Å². The monoisotopic (exact) mass is 285 g/mol. The molecule has 1 aromatic carbocycles. The van der Waals surface area contributed by atoms with Gasteiger partial charge in [-0.15, -0.1) is 0 Å². The maximum atomic E-state index is 10.9. The van der Waals surface area contributed by atoms with Gasteiger partial charge in [0.05, 0.1) is 4.92 Å². The zero-order chi connectivity index (χ0) is 12.6. The zero-order valence-electron chi connectivity index (χ0n) is 7.50. The first-order valence-corrected chi connectivity index (χ1v) is 5.95. The molecule has 0 spiro atoms. The smallest absolute Gasteiger partial charge is 0.283 e. The van der Waals surface area contributed by atoms with Crippen LogP contribution in [0, 0.1) is 10.1 Å². The fourth-order valence-corrected chi connectivity index (χ4v) is 1.61. The van der Waals surface area contributed by atoms with Crippen molar-refractivity contribution in [2.24, 2.45) is 0 Å². The Bertz CT molecular complexity index is 527. The summed E-state index contributed by atoms with van der Waals surface area (Å²) in [6.07, 6.45) is 0. The lowest BCUT2D eigenvalue weighted by atomic mass is 10.2. The molecule has 9 heteroatoms. The van der Waals surface area contributed by atoms with Crippen LogP contribution in [-0.2, 0) is 13.8 Å². The molecule has 0 saturated carbocycles. The lowest BCUT2D eigenvalue weighted by molar-refractivity contribution is -0.384. The van der Waals surface area contributed by atoms with E-state index in [-0.39, 0.29) is 11.3 Å². The minimum absolute atomic E-state index is 0.299. The molecular weight excluding hydrogens is 281 g/mol. The molecule has 0 aliphatic heterocycles. The quantitative estimate of drug-likeness (QED) is 0.397. The fourth-order valence-electron chi connectivity index (χ4n) is 0.949. The normalized spacial score (nSPS) is 12.4. The van der Waals surface area contributed by atoms with Crippen molar-refractivity contribution in [1.29, 1.82) is 0 Å². The van der Waals surface area contributed by atoms with Gasteiger partial charge in [0.1, 0.15) is 0 Å². The molecule has 0 aliphatic rings. The molecule has 1 rings (SSSR count). The molecule has 6 nitrogen and oxygen atoms in total. The molecule has 0 unspecified atom stereocenters. The molecule has 0 atom stereocenters. The molecule has 0 aliphatic carbocycles. The van der Waals surface area contributed by atoms with E-state index in [1.807, 2.05) is 0 Å². The number of hydrogen-bond donors (Lipinski definition) is 1. The molecule has 0 saturated heterocycles. The summed E-state index contributed by atoms with van der Waals surface area (Å²) in [6, 6.07) is 4.37. The Kier molecular flexibility index (Phi) is 3.44. The van der Waals surface area contributed by atoms with Crippen molar-refractivity contribution in [3.63, 3.8) is 0 Å². The molecule has 0 aromatic heterocycles. The van der Waals surface area contributed by atoms with Crippen LogP contribution in [-0.4, -0.2) is 17.9 Å².